The molecule has 1 N–H and O–H groups in total. The zero-order chi connectivity index (χ0) is 14.7. The average molecular weight is 286 g/mol. The van der Waals surface area contributed by atoms with Gasteiger partial charge in [-0.2, -0.15) is 5.10 Å². The van der Waals surface area contributed by atoms with Crippen LogP contribution in [0.4, 0.5) is 0 Å². The van der Waals surface area contributed by atoms with E-state index in [9.17, 15) is 0 Å². The van der Waals surface area contributed by atoms with Gasteiger partial charge in [0, 0.05) is 25.0 Å². The first-order chi connectivity index (χ1) is 10.2. The van der Waals surface area contributed by atoms with E-state index in [0.717, 1.165) is 31.0 Å². The van der Waals surface area contributed by atoms with Crippen LogP contribution in [0.3, 0.4) is 0 Å². The van der Waals surface area contributed by atoms with Crippen molar-refractivity contribution < 1.29 is 4.74 Å². The molecule has 5 nitrogen and oxygen atoms in total. The maximum absolute atomic E-state index is 5.86. The van der Waals surface area contributed by atoms with Crippen LogP contribution in [-0.4, -0.2) is 34.0 Å². The van der Waals surface area contributed by atoms with E-state index in [4.69, 9.17) is 9.84 Å². The van der Waals surface area contributed by atoms with Gasteiger partial charge in [-0.1, -0.05) is 19.9 Å². The average Bonchev–Trinajstić information content (AvgIpc) is 2.89. The highest BCUT2D eigenvalue weighted by Crippen LogP contribution is 2.25. The molecule has 0 radical (unpaired) electrons. The molecular formula is C16H22N4O. The number of rotatable bonds is 5. The van der Waals surface area contributed by atoms with Crippen LogP contribution >= 0.6 is 0 Å². The number of pyridine rings is 1. The second kappa shape index (κ2) is 6.37. The molecule has 3 rings (SSSR count). The summed E-state index contributed by atoms with van der Waals surface area (Å²) in [5.41, 5.74) is 3.40. The Bertz CT molecular complexity index is 579. The van der Waals surface area contributed by atoms with Gasteiger partial charge in [0.2, 0.25) is 0 Å². The van der Waals surface area contributed by atoms with E-state index in [2.05, 4.69) is 30.3 Å². The summed E-state index contributed by atoms with van der Waals surface area (Å²) in [5, 5.41) is 8.15. The zero-order valence-corrected chi connectivity index (χ0v) is 12.6. The van der Waals surface area contributed by atoms with E-state index in [0.29, 0.717) is 12.6 Å². The van der Waals surface area contributed by atoms with Gasteiger partial charge in [0.25, 0.3) is 0 Å². The molecule has 21 heavy (non-hydrogen) atoms. The van der Waals surface area contributed by atoms with Crippen molar-refractivity contribution in [2.24, 2.45) is 0 Å². The van der Waals surface area contributed by atoms with E-state index in [1.54, 1.807) is 0 Å². The van der Waals surface area contributed by atoms with Crippen molar-refractivity contribution in [2.75, 3.05) is 13.2 Å². The van der Waals surface area contributed by atoms with E-state index >= 15 is 0 Å². The maximum atomic E-state index is 5.86. The van der Waals surface area contributed by atoms with E-state index < -0.39 is 0 Å². The molecule has 0 bridgehead atoms. The second-order valence-electron chi connectivity index (χ2n) is 5.73. The van der Waals surface area contributed by atoms with Crippen LogP contribution in [0.5, 0.6) is 0 Å². The first-order valence-electron chi connectivity index (χ1n) is 7.53. The summed E-state index contributed by atoms with van der Waals surface area (Å²) in [4.78, 5) is 4.35. The van der Waals surface area contributed by atoms with Crippen LogP contribution < -0.4 is 5.32 Å². The molecule has 0 saturated heterocycles. The standard InChI is InChI=1S/C16H22N4O/c1-12(2)18-9-15-16-13(6-8-21-15)10-20(19-16)11-14-5-3-4-7-17-14/h3-5,7,10,12,15,18H,6,8-9,11H2,1-2H3. The first-order valence-corrected chi connectivity index (χ1v) is 7.53. The zero-order valence-electron chi connectivity index (χ0n) is 12.6. The van der Waals surface area contributed by atoms with Gasteiger partial charge in [-0.15, -0.1) is 0 Å². The lowest BCUT2D eigenvalue weighted by molar-refractivity contribution is 0.0383. The third-order valence-corrected chi connectivity index (χ3v) is 3.63. The highest BCUT2D eigenvalue weighted by molar-refractivity contribution is 5.23. The van der Waals surface area contributed by atoms with Gasteiger partial charge >= 0.3 is 0 Å². The molecule has 1 aliphatic rings. The number of aromatic nitrogens is 3. The number of fused-ring (bicyclic) bond motifs is 1. The number of hydrogen-bond acceptors (Lipinski definition) is 4. The van der Waals surface area contributed by atoms with Crippen molar-refractivity contribution in [2.45, 2.75) is 39.0 Å². The van der Waals surface area contributed by atoms with Crippen LogP contribution in [0.15, 0.2) is 30.6 Å². The quantitative estimate of drug-likeness (QED) is 0.912. The lowest BCUT2D eigenvalue weighted by Crippen LogP contribution is -2.31. The van der Waals surface area contributed by atoms with Crippen molar-refractivity contribution >= 4 is 0 Å². The minimum absolute atomic E-state index is 0.0566. The van der Waals surface area contributed by atoms with Crippen molar-refractivity contribution in [3.8, 4) is 0 Å². The summed E-state index contributed by atoms with van der Waals surface area (Å²) in [5.74, 6) is 0. The predicted molar refractivity (Wildman–Crippen MR) is 81.1 cm³/mol. The van der Waals surface area contributed by atoms with E-state index in [-0.39, 0.29) is 6.10 Å². The fourth-order valence-electron chi connectivity index (χ4n) is 2.57. The molecule has 0 saturated carbocycles. The normalized spacial score (nSPS) is 18.0. The van der Waals surface area contributed by atoms with Crippen LogP contribution in [-0.2, 0) is 17.7 Å². The lowest BCUT2D eigenvalue weighted by atomic mass is 10.1. The Labute approximate surface area is 125 Å². The predicted octanol–water partition coefficient (Wildman–Crippen LogP) is 1.94. The number of nitrogens with zero attached hydrogens (tertiary/aromatic N) is 3. The molecule has 0 fully saturated rings. The minimum atomic E-state index is 0.0566. The highest BCUT2D eigenvalue weighted by Gasteiger charge is 2.24. The molecule has 2 aromatic rings. The molecule has 3 heterocycles. The highest BCUT2D eigenvalue weighted by atomic mass is 16.5. The fourth-order valence-corrected chi connectivity index (χ4v) is 2.57. The summed E-state index contributed by atoms with van der Waals surface area (Å²) in [6, 6.07) is 6.41. The molecular weight excluding hydrogens is 264 g/mol. The van der Waals surface area contributed by atoms with E-state index in [1.165, 1.54) is 5.56 Å². The minimum Gasteiger partial charge on any atom is -0.370 e. The molecule has 1 aliphatic heterocycles. The van der Waals surface area contributed by atoms with Gasteiger partial charge in [0.15, 0.2) is 0 Å². The van der Waals surface area contributed by atoms with Crippen molar-refractivity contribution in [3.05, 3.63) is 47.5 Å². The molecule has 112 valence electrons. The molecule has 1 unspecified atom stereocenters. The Morgan fingerprint density at radius 3 is 3.10 bits per heavy atom. The number of hydrogen-bond donors (Lipinski definition) is 1. The molecule has 1 atom stereocenters. The summed E-state index contributed by atoms with van der Waals surface area (Å²) in [6.07, 6.45) is 4.95. The largest absolute Gasteiger partial charge is 0.370 e. The Morgan fingerprint density at radius 2 is 2.33 bits per heavy atom. The van der Waals surface area contributed by atoms with Crippen LogP contribution in [0.25, 0.3) is 0 Å². The van der Waals surface area contributed by atoms with Gasteiger partial charge in [0.1, 0.15) is 6.10 Å². The third kappa shape index (κ3) is 3.49. The summed E-state index contributed by atoms with van der Waals surface area (Å²) >= 11 is 0. The van der Waals surface area contributed by atoms with Crippen LogP contribution in [0.1, 0.15) is 36.9 Å². The SMILES string of the molecule is CC(C)NCC1OCCc2cn(Cc3ccccn3)nc21. The topological polar surface area (TPSA) is 52.0 Å². The Morgan fingerprint density at radius 1 is 1.43 bits per heavy atom. The smallest absolute Gasteiger partial charge is 0.114 e. The summed E-state index contributed by atoms with van der Waals surface area (Å²) in [7, 11) is 0. The Hall–Kier alpha value is -1.72. The molecule has 5 heteroatoms. The second-order valence-corrected chi connectivity index (χ2v) is 5.73. The van der Waals surface area contributed by atoms with Crippen LogP contribution in [0, 0.1) is 0 Å². The van der Waals surface area contributed by atoms with Crippen LogP contribution in [0.2, 0.25) is 0 Å². The summed E-state index contributed by atoms with van der Waals surface area (Å²) < 4.78 is 7.84. The number of nitrogens with one attached hydrogen (secondary N) is 1. The van der Waals surface area contributed by atoms with Gasteiger partial charge in [-0.05, 0) is 24.1 Å². The molecule has 0 aliphatic carbocycles. The van der Waals surface area contributed by atoms with Crippen molar-refractivity contribution in [1.29, 1.82) is 0 Å². The van der Waals surface area contributed by atoms with Gasteiger partial charge in [-0.3, -0.25) is 9.67 Å². The Balaban J connectivity index is 1.74. The monoisotopic (exact) mass is 286 g/mol. The van der Waals surface area contributed by atoms with Gasteiger partial charge in [-0.25, -0.2) is 0 Å². The van der Waals surface area contributed by atoms with Crippen molar-refractivity contribution in [1.82, 2.24) is 20.1 Å². The molecule has 0 amide bonds. The Kier molecular flexibility index (Phi) is 4.31. The van der Waals surface area contributed by atoms with Gasteiger partial charge < -0.3 is 10.1 Å². The van der Waals surface area contributed by atoms with Crippen molar-refractivity contribution in [3.63, 3.8) is 0 Å². The maximum Gasteiger partial charge on any atom is 0.114 e. The lowest BCUT2D eigenvalue weighted by Gasteiger charge is -2.23. The first kappa shape index (κ1) is 14.2. The number of ether oxygens (including phenoxy) is 1. The molecule has 0 aromatic carbocycles. The molecule has 2 aromatic heterocycles. The fraction of sp³-hybridized carbons (Fsp3) is 0.500. The summed E-state index contributed by atoms with van der Waals surface area (Å²) in [6.45, 7) is 6.57. The molecule has 0 spiro atoms. The third-order valence-electron chi connectivity index (χ3n) is 3.63. The van der Waals surface area contributed by atoms with Gasteiger partial charge in [0.05, 0.1) is 24.5 Å². The van der Waals surface area contributed by atoms with E-state index in [1.807, 2.05) is 29.1 Å².